The van der Waals surface area contributed by atoms with Crippen LogP contribution in [0, 0.1) is 0 Å². The minimum atomic E-state index is -0.522. The number of carbonyl (C=O) groups is 4. The third-order valence-electron chi connectivity index (χ3n) is 4.32. The maximum Gasteiger partial charge on any atom is 0.220 e. The molecule has 142 valence electrons. The molecule has 8 nitrogen and oxygen atoms in total. The molecule has 0 radical (unpaired) electrons. The summed E-state index contributed by atoms with van der Waals surface area (Å²) in [7, 11) is 1.68. The molecule has 1 heterocycles. The van der Waals surface area contributed by atoms with Gasteiger partial charge in [-0.25, -0.2) is 0 Å². The van der Waals surface area contributed by atoms with Crippen LogP contribution < -0.4 is 21.3 Å². The molecule has 1 aliphatic rings. The van der Waals surface area contributed by atoms with Gasteiger partial charge in [0, 0.05) is 25.9 Å². The van der Waals surface area contributed by atoms with Crippen LogP contribution >= 0.6 is 0 Å². The van der Waals surface area contributed by atoms with Crippen LogP contribution in [0.4, 0.5) is 0 Å². The van der Waals surface area contributed by atoms with E-state index in [9.17, 15) is 19.2 Å². The number of rotatable bonds is 2. The molecule has 1 rings (SSSR count). The number of hydrogen-bond donors (Lipinski definition) is 4. The van der Waals surface area contributed by atoms with E-state index in [2.05, 4.69) is 21.3 Å². The van der Waals surface area contributed by atoms with Gasteiger partial charge in [0.1, 0.15) is 5.78 Å². The summed E-state index contributed by atoms with van der Waals surface area (Å²) in [5.41, 5.74) is 0. The maximum atomic E-state index is 12.3. The molecule has 0 unspecified atom stereocenters. The van der Waals surface area contributed by atoms with Crippen molar-refractivity contribution in [3.05, 3.63) is 0 Å². The van der Waals surface area contributed by atoms with Crippen molar-refractivity contribution >= 4 is 23.4 Å². The average molecular weight is 354 g/mol. The molecule has 1 aliphatic heterocycles. The van der Waals surface area contributed by atoms with E-state index >= 15 is 0 Å². The first-order valence-electron chi connectivity index (χ1n) is 8.91. The van der Waals surface area contributed by atoms with Crippen molar-refractivity contribution in [3.8, 4) is 0 Å². The molecule has 0 saturated carbocycles. The SMILES string of the molecule is CN[C@H]1CCC(=O)NCCCCNC(=O)CC[C@@H](C(C)=O)NCC1=O. The van der Waals surface area contributed by atoms with Crippen LogP contribution in [0.25, 0.3) is 0 Å². The fraction of sp³-hybridized carbons (Fsp3) is 0.765. The summed E-state index contributed by atoms with van der Waals surface area (Å²) in [4.78, 5) is 47.6. The largest absolute Gasteiger partial charge is 0.356 e. The highest BCUT2D eigenvalue weighted by molar-refractivity contribution is 5.88. The van der Waals surface area contributed by atoms with Gasteiger partial charge in [-0.15, -0.1) is 0 Å². The Hall–Kier alpha value is -1.80. The van der Waals surface area contributed by atoms with Gasteiger partial charge < -0.3 is 21.3 Å². The summed E-state index contributed by atoms with van der Waals surface area (Å²) >= 11 is 0. The van der Waals surface area contributed by atoms with Crippen molar-refractivity contribution < 1.29 is 19.2 Å². The summed E-state index contributed by atoms with van der Waals surface area (Å²) < 4.78 is 0. The molecule has 0 spiro atoms. The van der Waals surface area contributed by atoms with Crippen LogP contribution in [0.5, 0.6) is 0 Å². The molecule has 0 bridgehead atoms. The van der Waals surface area contributed by atoms with Gasteiger partial charge in [0.05, 0.1) is 18.6 Å². The zero-order valence-electron chi connectivity index (χ0n) is 15.2. The molecule has 8 heteroatoms. The molecule has 0 aromatic rings. The highest BCUT2D eigenvalue weighted by Gasteiger charge is 2.21. The topological polar surface area (TPSA) is 116 Å². The van der Waals surface area contributed by atoms with E-state index in [1.807, 2.05) is 0 Å². The Morgan fingerprint density at radius 3 is 2.08 bits per heavy atom. The lowest BCUT2D eigenvalue weighted by atomic mass is 10.0. The fourth-order valence-electron chi connectivity index (χ4n) is 2.70. The maximum absolute atomic E-state index is 12.3. The van der Waals surface area contributed by atoms with E-state index < -0.39 is 12.1 Å². The lowest BCUT2D eigenvalue weighted by Crippen LogP contribution is -2.45. The summed E-state index contributed by atoms with van der Waals surface area (Å²) in [5.74, 6) is -0.397. The Labute approximate surface area is 148 Å². The van der Waals surface area contributed by atoms with E-state index in [1.165, 1.54) is 6.92 Å². The van der Waals surface area contributed by atoms with Gasteiger partial charge >= 0.3 is 0 Å². The molecule has 0 aromatic heterocycles. The standard InChI is InChI=1S/C17H30N4O4/c1-12(22)13-5-7-16(24)19-9-3-4-10-20-17(25)8-6-14(18-2)15(23)11-21-13/h13-14,18,21H,3-11H2,1-2H3,(H,19,24)(H,20,25)/t13-,14-/m0/s1. The van der Waals surface area contributed by atoms with E-state index in [0.717, 1.165) is 12.8 Å². The molecular weight excluding hydrogens is 324 g/mol. The molecule has 4 N–H and O–H groups in total. The summed E-state index contributed by atoms with van der Waals surface area (Å²) in [6.07, 6.45) is 2.82. The molecule has 0 aliphatic carbocycles. The van der Waals surface area contributed by atoms with Crippen molar-refractivity contribution in [2.75, 3.05) is 26.7 Å². The Kier molecular flexibility index (Phi) is 9.94. The Bertz CT molecular complexity index is 481. The number of nitrogens with one attached hydrogen (secondary N) is 4. The summed E-state index contributed by atoms with van der Waals surface area (Å²) in [6, 6.07) is -0.962. The van der Waals surface area contributed by atoms with Gasteiger partial charge in [0.25, 0.3) is 0 Å². The monoisotopic (exact) mass is 354 g/mol. The van der Waals surface area contributed by atoms with Gasteiger partial charge in [0.15, 0.2) is 5.78 Å². The second-order valence-electron chi connectivity index (χ2n) is 6.34. The van der Waals surface area contributed by atoms with E-state index in [4.69, 9.17) is 0 Å². The lowest BCUT2D eigenvalue weighted by molar-refractivity contribution is -0.123. The van der Waals surface area contributed by atoms with Crippen molar-refractivity contribution in [2.45, 2.75) is 57.5 Å². The van der Waals surface area contributed by atoms with Gasteiger partial charge in [-0.05, 0) is 39.7 Å². The minimum Gasteiger partial charge on any atom is -0.356 e. The Morgan fingerprint density at radius 1 is 1.00 bits per heavy atom. The normalized spacial score (nSPS) is 25.6. The highest BCUT2D eigenvalue weighted by Crippen LogP contribution is 2.03. The van der Waals surface area contributed by atoms with Crippen LogP contribution in [-0.2, 0) is 19.2 Å². The molecule has 25 heavy (non-hydrogen) atoms. The van der Waals surface area contributed by atoms with E-state index in [0.29, 0.717) is 25.9 Å². The third kappa shape index (κ3) is 8.74. The number of ketones is 2. The van der Waals surface area contributed by atoms with Gasteiger partial charge in [-0.1, -0.05) is 0 Å². The first-order valence-corrected chi connectivity index (χ1v) is 8.91. The van der Waals surface area contributed by atoms with Crippen LogP contribution in [0.3, 0.4) is 0 Å². The summed E-state index contributed by atoms with van der Waals surface area (Å²) in [6.45, 7) is 2.58. The number of Topliss-reactive ketones (excluding diaryl/α,β-unsaturated/α-hetero) is 2. The first-order chi connectivity index (χ1) is 11.9. The molecule has 0 aromatic carbocycles. The van der Waals surface area contributed by atoms with Crippen LogP contribution in [-0.4, -0.2) is 62.1 Å². The minimum absolute atomic E-state index is 0.0268. The molecule has 2 amide bonds. The van der Waals surface area contributed by atoms with Crippen LogP contribution in [0.2, 0.25) is 0 Å². The third-order valence-corrected chi connectivity index (χ3v) is 4.32. The molecular formula is C17H30N4O4. The second kappa shape index (κ2) is 11.7. The van der Waals surface area contributed by atoms with Gasteiger partial charge in [-0.3, -0.25) is 19.2 Å². The predicted molar refractivity (Wildman–Crippen MR) is 94.0 cm³/mol. The first kappa shape index (κ1) is 21.2. The van der Waals surface area contributed by atoms with Crippen molar-refractivity contribution in [1.82, 2.24) is 21.3 Å². The Morgan fingerprint density at radius 2 is 1.56 bits per heavy atom. The zero-order valence-corrected chi connectivity index (χ0v) is 15.2. The molecule has 2 atom stereocenters. The van der Waals surface area contributed by atoms with E-state index in [-0.39, 0.29) is 42.8 Å². The quantitative estimate of drug-likeness (QED) is 0.520. The van der Waals surface area contributed by atoms with Crippen molar-refractivity contribution in [1.29, 1.82) is 0 Å². The number of amides is 2. The lowest BCUT2D eigenvalue weighted by Gasteiger charge is -2.18. The number of carbonyl (C=O) groups excluding carboxylic acids is 4. The number of hydrogen-bond acceptors (Lipinski definition) is 6. The fourth-order valence-corrected chi connectivity index (χ4v) is 2.70. The molecule has 1 fully saturated rings. The predicted octanol–water partition coefficient (Wildman–Crippen LogP) is -0.723. The van der Waals surface area contributed by atoms with E-state index in [1.54, 1.807) is 7.05 Å². The van der Waals surface area contributed by atoms with Crippen molar-refractivity contribution in [2.24, 2.45) is 0 Å². The smallest absolute Gasteiger partial charge is 0.220 e. The van der Waals surface area contributed by atoms with Gasteiger partial charge in [0.2, 0.25) is 11.8 Å². The summed E-state index contributed by atoms with van der Waals surface area (Å²) in [5, 5.41) is 11.5. The van der Waals surface area contributed by atoms with Crippen molar-refractivity contribution in [3.63, 3.8) is 0 Å². The Balaban J connectivity index is 2.69. The average Bonchev–Trinajstić information content (AvgIpc) is 2.57. The highest BCUT2D eigenvalue weighted by atomic mass is 16.2. The second-order valence-corrected chi connectivity index (χ2v) is 6.34. The number of likely N-dealkylation sites (N-methyl/N-ethyl adjacent to an activating group) is 1. The zero-order chi connectivity index (χ0) is 18.7. The molecule has 1 saturated heterocycles. The van der Waals surface area contributed by atoms with Gasteiger partial charge in [-0.2, -0.15) is 0 Å². The van der Waals surface area contributed by atoms with Crippen LogP contribution in [0.1, 0.15) is 45.4 Å². The van der Waals surface area contributed by atoms with Crippen LogP contribution in [0.15, 0.2) is 0 Å².